The number of ether oxygens (including phenoxy) is 1. The van der Waals surface area contributed by atoms with Crippen LogP contribution in [0.1, 0.15) is 48.5 Å². The maximum absolute atomic E-state index is 12.8. The number of carbonyl (C=O) groups is 4. The molecule has 2 aliphatic rings. The van der Waals surface area contributed by atoms with Crippen LogP contribution < -0.4 is 10.1 Å². The van der Waals surface area contributed by atoms with Crippen molar-refractivity contribution in [3.63, 3.8) is 0 Å². The van der Waals surface area contributed by atoms with Crippen molar-refractivity contribution in [1.82, 2.24) is 15.1 Å². The van der Waals surface area contributed by atoms with Gasteiger partial charge in [0.2, 0.25) is 5.91 Å². The van der Waals surface area contributed by atoms with E-state index >= 15 is 0 Å². The number of carbonyl (C=O) groups excluding carboxylic acids is 4. The fourth-order valence-corrected chi connectivity index (χ4v) is 4.08. The quantitative estimate of drug-likeness (QED) is 0.608. The Bertz CT molecular complexity index is 815. The Kier molecular flexibility index (Phi) is 7.20. The molecule has 8 nitrogen and oxygen atoms in total. The number of benzene rings is 1. The molecule has 30 heavy (non-hydrogen) atoms. The van der Waals surface area contributed by atoms with Gasteiger partial charge in [-0.2, -0.15) is 0 Å². The SMILES string of the molecule is CNC(=O)C(CCC=O)N1Cc2cc(OC(C)CN3CCC(=O)CC3)ccc2C1=O. The Morgan fingerprint density at radius 2 is 2.00 bits per heavy atom. The topological polar surface area (TPSA) is 96.0 Å². The average Bonchev–Trinajstić information content (AvgIpc) is 3.05. The molecular weight excluding hydrogens is 386 g/mol. The summed E-state index contributed by atoms with van der Waals surface area (Å²) in [6, 6.07) is 4.69. The molecule has 0 aromatic heterocycles. The molecule has 0 radical (unpaired) electrons. The predicted octanol–water partition coefficient (Wildman–Crippen LogP) is 1.17. The molecule has 1 fully saturated rings. The first-order valence-electron chi connectivity index (χ1n) is 10.4. The average molecular weight is 415 g/mol. The van der Waals surface area contributed by atoms with Gasteiger partial charge in [-0.05, 0) is 37.1 Å². The van der Waals surface area contributed by atoms with Gasteiger partial charge in [-0.25, -0.2) is 0 Å². The molecule has 0 saturated carbocycles. The van der Waals surface area contributed by atoms with E-state index in [9.17, 15) is 19.2 Å². The number of nitrogens with one attached hydrogen (secondary N) is 1. The molecule has 0 spiro atoms. The number of ketones is 1. The normalized spacial score (nSPS) is 18.7. The van der Waals surface area contributed by atoms with Crippen LogP contribution >= 0.6 is 0 Å². The van der Waals surface area contributed by atoms with E-state index in [0.717, 1.165) is 31.5 Å². The second-order valence-corrected chi connectivity index (χ2v) is 7.89. The first-order valence-corrected chi connectivity index (χ1v) is 10.4. The lowest BCUT2D eigenvalue weighted by Crippen LogP contribution is -2.46. The van der Waals surface area contributed by atoms with Crippen LogP contribution in [-0.2, 0) is 20.9 Å². The Balaban J connectivity index is 1.65. The number of Topliss-reactive ketones (excluding diaryl/α,β-unsaturated/α-hetero) is 1. The smallest absolute Gasteiger partial charge is 0.255 e. The minimum Gasteiger partial charge on any atom is -0.489 e. The summed E-state index contributed by atoms with van der Waals surface area (Å²) in [4.78, 5) is 51.0. The molecule has 8 heteroatoms. The number of likely N-dealkylation sites (tertiary alicyclic amines) is 1. The Labute approximate surface area is 176 Å². The Morgan fingerprint density at radius 3 is 2.67 bits per heavy atom. The standard InChI is InChI=1S/C22H29N3O5/c1-15(13-24-9-7-17(27)8-10-24)30-18-5-6-19-16(12-18)14-25(22(19)29)20(4-3-11-26)21(28)23-2/h5-6,11-12,15,20H,3-4,7-10,13-14H2,1-2H3,(H,23,28). The molecular formula is C22H29N3O5. The molecule has 2 unspecified atom stereocenters. The van der Waals surface area contributed by atoms with Crippen LogP contribution in [0.2, 0.25) is 0 Å². The highest BCUT2D eigenvalue weighted by Gasteiger charge is 2.36. The van der Waals surface area contributed by atoms with E-state index < -0.39 is 6.04 Å². The second-order valence-electron chi connectivity index (χ2n) is 7.89. The number of hydrogen-bond donors (Lipinski definition) is 1. The van der Waals surface area contributed by atoms with Crippen molar-refractivity contribution in [2.24, 2.45) is 0 Å². The van der Waals surface area contributed by atoms with Gasteiger partial charge in [0.1, 0.15) is 30.0 Å². The monoisotopic (exact) mass is 415 g/mol. The largest absolute Gasteiger partial charge is 0.489 e. The number of likely N-dealkylation sites (N-methyl/N-ethyl adjacent to an activating group) is 1. The van der Waals surface area contributed by atoms with Crippen molar-refractivity contribution in [3.8, 4) is 5.75 Å². The van der Waals surface area contributed by atoms with Crippen molar-refractivity contribution in [2.45, 2.75) is 51.3 Å². The third-order valence-electron chi connectivity index (χ3n) is 5.66. The number of rotatable bonds is 9. The van der Waals surface area contributed by atoms with Crippen molar-refractivity contribution < 1.29 is 23.9 Å². The van der Waals surface area contributed by atoms with Crippen LogP contribution in [-0.4, -0.2) is 72.5 Å². The van der Waals surface area contributed by atoms with Gasteiger partial charge in [-0.15, -0.1) is 0 Å². The van der Waals surface area contributed by atoms with Crippen molar-refractivity contribution >= 4 is 23.9 Å². The number of piperidine rings is 1. The van der Waals surface area contributed by atoms with Gasteiger partial charge >= 0.3 is 0 Å². The molecule has 2 amide bonds. The lowest BCUT2D eigenvalue weighted by Gasteiger charge is -2.28. The molecule has 1 N–H and O–H groups in total. The molecule has 1 aromatic rings. The minimum absolute atomic E-state index is 0.0596. The van der Waals surface area contributed by atoms with Gasteiger partial charge in [-0.3, -0.25) is 19.3 Å². The predicted molar refractivity (Wildman–Crippen MR) is 110 cm³/mol. The van der Waals surface area contributed by atoms with E-state index in [4.69, 9.17) is 4.74 Å². The van der Waals surface area contributed by atoms with Gasteiger partial charge in [0, 0.05) is 58.1 Å². The number of fused-ring (bicyclic) bond motifs is 1. The summed E-state index contributed by atoms with van der Waals surface area (Å²) in [6.07, 6.45) is 2.40. The zero-order valence-corrected chi connectivity index (χ0v) is 17.6. The lowest BCUT2D eigenvalue weighted by atomic mass is 10.1. The molecule has 3 rings (SSSR count). The van der Waals surface area contributed by atoms with E-state index in [2.05, 4.69) is 10.2 Å². The first-order chi connectivity index (χ1) is 14.4. The fourth-order valence-electron chi connectivity index (χ4n) is 4.08. The van der Waals surface area contributed by atoms with Gasteiger partial charge in [-0.1, -0.05) is 0 Å². The molecule has 0 aliphatic carbocycles. The van der Waals surface area contributed by atoms with Gasteiger partial charge in [0.25, 0.3) is 5.91 Å². The summed E-state index contributed by atoms with van der Waals surface area (Å²) < 4.78 is 6.05. The van der Waals surface area contributed by atoms with Crippen LogP contribution in [0.15, 0.2) is 18.2 Å². The number of aldehydes is 1. The molecule has 2 heterocycles. The van der Waals surface area contributed by atoms with Gasteiger partial charge in [0.15, 0.2) is 0 Å². The molecule has 2 atom stereocenters. The highest BCUT2D eigenvalue weighted by atomic mass is 16.5. The lowest BCUT2D eigenvalue weighted by molar-refractivity contribution is -0.125. The minimum atomic E-state index is -0.676. The molecule has 162 valence electrons. The van der Waals surface area contributed by atoms with Gasteiger partial charge in [0.05, 0.1) is 0 Å². The zero-order chi connectivity index (χ0) is 21.7. The summed E-state index contributed by atoms with van der Waals surface area (Å²) in [5.74, 6) is 0.509. The highest BCUT2D eigenvalue weighted by Crippen LogP contribution is 2.29. The Morgan fingerprint density at radius 1 is 1.27 bits per heavy atom. The van der Waals surface area contributed by atoms with Crippen molar-refractivity contribution in [1.29, 1.82) is 0 Å². The molecule has 0 bridgehead atoms. The van der Waals surface area contributed by atoms with Crippen molar-refractivity contribution in [2.75, 3.05) is 26.7 Å². The zero-order valence-electron chi connectivity index (χ0n) is 17.6. The molecule has 1 aromatic carbocycles. The number of amides is 2. The highest BCUT2D eigenvalue weighted by molar-refractivity contribution is 6.01. The maximum atomic E-state index is 12.8. The number of nitrogens with zero attached hydrogens (tertiary/aromatic N) is 2. The summed E-state index contributed by atoms with van der Waals surface area (Å²) >= 11 is 0. The summed E-state index contributed by atoms with van der Waals surface area (Å²) in [7, 11) is 1.52. The third kappa shape index (κ3) is 5.05. The van der Waals surface area contributed by atoms with Gasteiger partial charge < -0.3 is 19.7 Å². The van der Waals surface area contributed by atoms with E-state index in [1.54, 1.807) is 12.1 Å². The maximum Gasteiger partial charge on any atom is 0.255 e. The van der Waals surface area contributed by atoms with E-state index in [1.807, 2.05) is 13.0 Å². The van der Waals surface area contributed by atoms with Crippen LogP contribution in [0.5, 0.6) is 5.75 Å². The van der Waals surface area contributed by atoms with Crippen LogP contribution in [0.3, 0.4) is 0 Å². The summed E-state index contributed by atoms with van der Waals surface area (Å²) in [6.45, 7) is 4.57. The number of hydrogen-bond acceptors (Lipinski definition) is 6. The van der Waals surface area contributed by atoms with E-state index in [-0.39, 0.29) is 24.3 Å². The summed E-state index contributed by atoms with van der Waals surface area (Å²) in [5, 5.41) is 2.58. The van der Waals surface area contributed by atoms with E-state index in [1.165, 1.54) is 11.9 Å². The molecule has 1 saturated heterocycles. The molecule has 2 aliphatic heterocycles. The Hall–Kier alpha value is -2.74. The van der Waals surface area contributed by atoms with Crippen LogP contribution in [0.4, 0.5) is 0 Å². The second kappa shape index (κ2) is 9.84. The van der Waals surface area contributed by atoms with Crippen LogP contribution in [0.25, 0.3) is 0 Å². The summed E-state index contributed by atoms with van der Waals surface area (Å²) in [5.41, 5.74) is 1.37. The van der Waals surface area contributed by atoms with Crippen molar-refractivity contribution in [3.05, 3.63) is 29.3 Å². The fraction of sp³-hybridized carbons (Fsp3) is 0.545. The van der Waals surface area contributed by atoms with E-state index in [0.29, 0.717) is 42.9 Å². The third-order valence-corrected chi connectivity index (χ3v) is 5.66. The first kappa shape index (κ1) is 22.0. The van der Waals surface area contributed by atoms with Crippen LogP contribution in [0, 0.1) is 0 Å².